The fourth-order valence-corrected chi connectivity index (χ4v) is 3.75. The Balaban J connectivity index is 1.70. The number of nitrogens with one attached hydrogen (secondary N) is 1. The zero-order chi connectivity index (χ0) is 12.5. The van der Waals surface area contributed by atoms with Crippen LogP contribution in [0.25, 0.3) is 0 Å². The summed E-state index contributed by atoms with van der Waals surface area (Å²) in [6.45, 7) is 4.83. The van der Waals surface area contributed by atoms with Gasteiger partial charge in [0.1, 0.15) is 0 Å². The maximum absolute atomic E-state index is 3.95. The van der Waals surface area contributed by atoms with Crippen LogP contribution in [0.15, 0.2) is 24.3 Å². The third-order valence-electron chi connectivity index (χ3n) is 5.01. The van der Waals surface area contributed by atoms with Gasteiger partial charge in [-0.3, -0.25) is 0 Å². The number of benzene rings is 1. The highest BCUT2D eigenvalue weighted by atomic mass is 15.0. The second-order valence-corrected chi connectivity index (χ2v) is 6.46. The molecule has 0 amide bonds. The van der Waals surface area contributed by atoms with Crippen molar-refractivity contribution in [1.29, 1.82) is 0 Å². The van der Waals surface area contributed by atoms with Crippen LogP contribution in [0.1, 0.15) is 56.7 Å². The van der Waals surface area contributed by atoms with Crippen molar-refractivity contribution in [3.05, 3.63) is 35.4 Å². The summed E-state index contributed by atoms with van der Waals surface area (Å²) in [7, 11) is 0. The van der Waals surface area contributed by atoms with Gasteiger partial charge in [-0.1, -0.05) is 44.5 Å². The van der Waals surface area contributed by atoms with Gasteiger partial charge >= 0.3 is 0 Å². The van der Waals surface area contributed by atoms with Crippen LogP contribution in [0.2, 0.25) is 0 Å². The minimum atomic E-state index is 0.610. The lowest BCUT2D eigenvalue weighted by molar-refractivity contribution is 0.213. The van der Waals surface area contributed by atoms with E-state index in [1.54, 1.807) is 11.1 Å². The first-order chi connectivity index (χ1) is 8.74. The molecule has 1 aromatic rings. The quantitative estimate of drug-likeness (QED) is 0.825. The summed E-state index contributed by atoms with van der Waals surface area (Å²) in [5, 5.41) is 3.95. The third-order valence-corrected chi connectivity index (χ3v) is 5.01. The lowest BCUT2D eigenvalue weighted by atomic mass is 9.79. The molecule has 0 heterocycles. The summed E-state index contributed by atoms with van der Waals surface area (Å²) in [6.07, 6.45) is 6.72. The van der Waals surface area contributed by atoms with Gasteiger partial charge in [-0.25, -0.2) is 0 Å². The molecule has 0 saturated heterocycles. The molecule has 1 heteroatoms. The van der Waals surface area contributed by atoms with Gasteiger partial charge < -0.3 is 5.32 Å². The summed E-state index contributed by atoms with van der Waals surface area (Å²) >= 11 is 0. The van der Waals surface area contributed by atoms with E-state index in [0.717, 1.165) is 17.9 Å². The van der Waals surface area contributed by atoms with E-state index in [1.165, 1.54) is 32.1 Å². The molecule has 1 fully saturated rings. The van der Waals surface area contributed by atoms with Gasteiger partial charge in [0.15, 0.2) is 0 Å². The molecule has 4 unspecified atom stereocenters. The van der Waals surface area contributed by atoms with Gasteiger partial charge in [-0.05, 0) is 48.6 Å². The first-order valence-electron chi connectivity index (χ1n) is 7.58. The van der Waals surface area contributed by atoms with Crippen LogP contribution >= 0.6 is 0 Å². The van der Waals surface area contributed by atoms with Crippen LogP contribution in [0.4, 0.5) is 0 Å². The smallest absolute Gasteiger partial charge is 0.0328 e. The fourth-order valence-electron chi connectivity index (χ4n) is 3.75. The van der Waals surface area contributed by atoms with Crippen molar-refractivity contribution in [3.8, 4) is 0 Å². The molecule has 2 aliphatic rings. The topological polar surface area (TPSA) is 12.0 Å². The zero-order valence-electron chi connectivity index (χ0n) is 11.7. The molecule has 1 nitrogen and oxygen atoms in total. The van der Waals surface area contributed by atoms with E-state index >= 15 is 0 Å². The van der Waals surface area contributed by atoms with Crippen LogP contribution in [0.3, 0.4) is 0 Å². The molecular formula is C17H25N. The van der Waals surface area contributed by atoms with Crippen LogP contribution in [0.5, 0.6) is 0 Å². The maximum Gasteiger partial charge on any atom is 0.0328 e. The molecule has 4 atom stereocenters. The summed E-state index contributed by atoms with van der Waals surface area (Å²) < 4.78 is 0. The number of rotatable bonds is 2. The van der Waals surface area contributed by atoms with Crippen LogP contribution in [-0.4, -0.2) is 6.04 Å². The van der Waals surface area contributed by atoms with Crippen LogP contribution in [-0.2, 0) is 6.42 Å². The fraction of sp³-hybridized carbons (Fsp3) is 0.647. The molecular weight excluding hydrogens is 218 g/mol. The summed E-state index contributed by atoms with van der Waals surface area (Å²) in [4.78, 5) is 0. The second kappa shape index (κ2) is 5.05. The molecule has 1 saturated carbocycles. The normalized spacial score (nSPS) is 35.4. The molecule has 3 rings (SSSR count). The zero-order valence-corrected chi connectivity index (χ0v) is 11.7. The first kappa shape index (κ1) is 12.2. The van der Waals surface area contributed by atoms with Crippen LogP contribution in [0, 0.1) is 11.8 Å². The Labute approximate surface area is 111 Å². The minimum Gasteiger partial charge on any atom is -0.307 e. The van der Waals surface area contributed by atoms with Gasteiger partial charge in [0, 0.05) is 12.1 Å². The van der Waals surface area contributed by atoms with E-state index in [9.17, 15) is 0 Å². The van der Waals surface area contributed by atoms with Crippen molar-refractivity contribution in [1.82, 2.24) is 5.32 Å². The Morgan fingerprint density at radius 1 is 1.06 bits per heavy atom. The maximum atomic E-state index is 3.95. The SMILES string of the molecule is CC1CCC(C)C(NC2CCc3ccccc32)C1. The predicted molar refractivity (Wildman–Crippen MR) is 76.6 cm³/mol. The van der Waals surface area contributed by atoms with Crippen molar-refractivity contribution in [3.63, 3.8) is 0 Å². The minimum absolute atomic E-state index is 0.610. The number of fused-ring (bicyclic) bond motifs is 1. The molecule has 0 aliphatic heterocycles. The Morgan fingerprint density at radius 3 is 2.78 bits per heavy atom. The molecule has 1 N–H and O–H groups in total. The molecule has 2 aliphatic carbocycles. The largest absolute Gasteiger partial charge is 0.307 e. The number of aryl methyl sites for hydroxylation is 1. The van der Waals surface area contributed by atoms with Gasteiger partial charge in [-0.2, -0.15) is 0 Å². The molecule has 18 heavy (non-hydrogen) atoms. The Hall–Kier alpha value is -0.820. The van der Waals surface area contributed by atoms with Gasteiger partial charge in [0.25, 0.3) is 0 Å². The van der Waals surface area contributed by atoms with Crippen molar-refractivity contribution in [2.45, 2.75) is 58.0 Å². The molecule has 0 bridgehead atoms. The molecule has 0 aromatic heterocycles. The number of hydrogen-bond acceptors (Lipinski definition) is 1. The first-order valence-corrected chi connectivity index (χ1v) is 7.58. The van der Waals surface area contributed by atoms with Gasteiger partial charge in [0.2, 0.25) is 0 Å². The Morgan fingerprint density at radius 2 is 1.89 bits per heavy atom. The van der Waals surface area contributed by atoms with E-state index in [0.29, 0.717) is 6.04 Å². The van der Waals surface area contributed by atoms with E-state index in [-0.39, 0.29) is 0 Å². The van der Waals surface area contributed by atoms with E-state index < -0.39 is 0 Å². The van der Waals surface area contributed by atoms with Crippen molar-refractivity contribution >= 4 is 0 Å². The average molecular weight is 243 g/mol. The third kappa shape index (κ3) is 2.33. The predicted octanol–water partition coefficient (Wildman–Crippen LogP) is 4.09. The second-order valence-electron chi connectivity index (χ2n) is 6.46. The highest BCUT2D eigenvalue weighted by Gasteiger charge is 2.30. The number of hydrogen-bond donors (Lipinski definition) is 1. The Bertz CT molecular complexity index is 412. The standard InChI is InChI=1S/C17H25N/c1-12-7-8-13(2)17(11-12)18-16-10-9-14-5-3-4-6-15(14)16/h3-6,12-13,16-18H,7-11H2,1-2H3. The molecule has 1 aromatic carbocycles. The molecule has 98 valence electrons. The molecule has 0 radical (unpaired) electrons. The van der Waals surface area contributed by atoms with Gasteiger partial charge in [-0.15, -0.1) is 0 Å². The highest BCUT2D eigenvalue weighted by Crippen LogP contribution is 2.35. The van der Waals surface area contributed by atoms with Gasteiger partial charge in [0.05, 0.1) is 0 Å². The highest BCUT2D eigenvalue weighted by molar-refractivity contribution is 5.34. The average Bonchev–Trinajstić information content (AvgIpc) is 2.78. The summed E-state index contributed by atoms with van der Waals surface area (Å²) in [5.74, 6) is 1.74. The van der Waals surface area contributed by atoms with E-state index in [2.05, 4.69) is 43.4 Å². The Kier molecular flexibility index (Phi) is 3.43. The summed E-state index contributed by atoms with van der Waals surface area (Å²) in [5.41, 5.74) is 3.12. The molecule has 0 spiro atoms. The monoisotopic (exact) mass is 243 g/mol. The van der Waals surface area contributed by atoms with E-state index in [4.69, 9.17) is 0 Å². The van der Waals surface area contributed by atoms with Crippen molar-refractivity contribution in [2.24, 2.45) is 11.8 Å². The van der Waals surface area contributed by atoms with Crippen molar-refractivity contribution in [2.75, 3.05) is 0 Å². The summed E-state index contributed by atoms with van der Waals surface area (Å²) in [6, 6.07) is 10.3. The van der Waals surface area contributed by atoms with E-state index in [1.807, 2.05) is 0 Å². The van der Waals surface area contributed by atoms with Crippen molar-refractivity contribution < 1.29 is 0 Å². The lowest BCUT2D eigenvalue weighted by Crippen LogP contribution is -2.41. The lowest BCUT2D eigenvalue weighted by Gasteiger charge is -2.35. The van der Waals surface area contributed by atoms with Crippen LogP contribution < -0.4 is 5.32 Å².